The number of fused-ring (bicyclic) bond motifs is 4. The van der Waals surface area contributed by atoms with Crippen molar-refractivity contribution < 1.29 is 14.6 Å². The molecule has 0 saturated carbocycles. The number of ether oxygens (including phenoxy) is 1. The van der Waals surface area contributed by atoms with Crippen LogP contribution in [-0.4, -0.2) is 66.4 Å². The van der Waals surface area contributed by atoms with Crippen LogP contribution in [0, 0.1) is 0 Å². The Morgan fingerprint density at radius 3 is 2.85 bits per heavy atom. The predicted molar refractivity (Wildman–Crippen MR) is 99.3 cm³/mol. The molecule has 2 aliphatic rings. The largest absolute Gasteiger partial charge is 0.497 e. The molecule has 140 valence electrons. The third kappa shape index (κ3) is 2.71. The fraction of sp³-hybridized carbons (Fsp3) is 0.526. The van der Waals surface area contributed by atoms with Crippen LogP contribution in [0.25, 0.3) is 10.9 Å². The van der Waals surface area contributed by atoms with Gasteiger partial charge in [-0.25, -0.2) is 4.79 Å². The minimum Gasteiger partial charge on any atom is -0.497 e. The van der Waals surface area contributed by atoms with Gasteiger partial charge in [0.15, 0.2) is 0 Å². The van der Waals surface area contributed by atoms with E-state index in [1.807, 2.05) is 6.07 Å². The lowest BCUT2D eigenvalue weighted by Crippen LogP contribution is -2.53. The Morgan fingerprint density at radius 2 is 2.15 bits per heavy atom. The van der Waals surface area contributed by atoms with Crippen LogP contribution in [0.3, 0.4) is 0 Å². The zero-order valence-corrected chi connectivity index (χ0v) is 15.3. The number of benzene rings is 1. The van der Waals surface area contributed by atoms with Crippen LogP contribution >= 0.6 is 0 Å². The molecule has 0 atom stereocenters. The molecular weight excluding hydrogens is 332 g/mol. The van der Waals surface area contributed by atoms with Gasteiger partial charge in [-0.05, 0) is 37.6 Å². The van der Waals surface area contributed by atoms with E-state index in [2.05, 4.69) is 34.4 Å². The first kappa shape index (κ1) is 17.2. The molecule has 7 nitrogen and oxygen atoms in total. The third-order valence-corrected chi connectivity index (χ3v) is 5.85. The van der Waals surface area contributed by atoms with Gasteiger partial charge < -0.3 is 25.0 Å². The number of likely N-dealkylation sites (tertiary alicyclic amines) is 1. The summed E-state index contributed by atoms with van der Waals surface area (Å²) in [5.74, 6) is 0.856. The molecule has 1 saturated heterocycles. The van der Waals surface area contributed by atoms with Crippen molar-refractivity contribution in [3.05, 3.63) is 29.5 Å². The van der Waals surface area contributed by atoms with Crippen LogP contribution in [0.2, 0.25) is 0 Å². The molecule has 7 heteroatoms. The van der Waals surface area contributed by atoms with Crippen LogP contribution in [0.5, 0.6) is 5.75 Å². The van der Waals surface area contributed by atoms with E-state index in [9.17, 15) is 4.79 Å². The normalized spacial score (nSPS) is 19.6. The van der Waals surface area contributed by atoms with Crippen LogP contribution in [0.1, 0.15) is 24.1 Å². The van der Waals surface area contributed by atoms with Crippen LogP contribution in [-0.2, 0) is 12.0 Å². The van der Waals surface area contributed by atoms with Crippen molar-refractivity contribution in [1.82, 2.24) is 20.1 Å². The van der Waals surface area contributed by atoms with Crippen LogP contribution in [0.4, 0.5) is 4.79 Å². The Balaban J connectivity index is 1.70. The van der Waals surface area contributed by atoms with Gasteiger partial charge in [0.25, 0.3) is 0 Å². The first-order valence-corrected chi connectivity index (χ1v) is 9.07. The number of nitrogens with one attached hydrogen (secondary N) is 2. The second-order valence-electron chi connectivity index (χ2n) is 7.47. The molecule has 1 aromatic heterocycles. The molecular formula is C19H26N4O3. The first-order valence-electron chi connectivity index (χ1n) is 9.07. The number of carbonyl (C=O) groups excluding carboxylic acids is 1. The SMILES string of the molecule is COc1ccc2c3c([nH]c2c1)CN(C)CC31CCN(C(=O)NCO)CC1. The maximum absolute atomic E-state index is 12.0. The Bertz CT molecular complexity index is 824. The van der Waals surface area contributed by atoms with Crippen molar-refractivity contribution in [2.75, 3.05) is 40.5 Å². The highest BCUT2D eigenvalue weighted by Gasteiger charge is 2.43. The molecule has 2 amide bonds. The maximum Gasteiger partial charge on any atom is 0.319 e. The smallest absolute Gasteiger partial charge is 0.319 e. The lowest BCUT2D eigenvalue weighted by atomic mass is 9.69. The highest BCUT2D eigenvalue weighted by molar-refractivity contribution is 5.87. The number of hydrogen-bond acceptors (Lipinski definition) is 4. The second-order valence-corrected chi connectivity index (χ2v) is 7.47. The van der Waals surface area contributed by atoms with E-state index in [0.717, 1.165) is 37.2 Å². The molecule has 2 aliphatic heterocycles. The Hall–Kier alpha value is -2.25. The Kier molecular flexibility index (Phi) is 4.28. The van der Waals surface area contributed by atoms with Crippen molar-refractivity contribution in [3.8, 4) is 5.75 Å². The van der Waals surface area contributed by atoms with E-state index in [1.165, 1.54) is 16.6 Å². The zero-order chi connectivity index (χ0) is 18.3. The monoisotopic (exact) mass is 358 g/mol. The second kappa shape index (κ2) is 6.48. The van der Waals surface area contributed by atoms with Gasteiger partial charge in [-0.1, -0.05) is 0 Å². The molecule has 0 bridgehead atoms. The summed E-state index contributed by atoms with van der Waals surface area (Å²) >= 11 is 0. The maximum atomic E-state index is 12.0. The van der Waals surface area contributed by atoms with E-state index in [1.54, 1.807) is 12.0 Å². The lowest BCUT2D eigenvalue weighted by Gasteiger charge is -2.47. The average Bonchev–Trinajstić information content (AvgIpc) is 3.00. The van der Waals surface area contributed by atoms with Crippen molar-refractivity contribution in [2.24, 2.45) is 0 Å². The number of aromatic nitrogens is 1. The number of aromatic amines is 1. The fourth-order valence-corrected chi connectivity index (χ4v) is 4.73. The summed E-state index contributed by atoms with van der Waals surface area (Å²) in [5, 5.41) is 12.7. The van der Waals surface area contributed by atoms with Gasteiger partial charge in [-0.2, -0.15) is 0 Å². The molecule has 0 unspecified atom stereocenters. The number of aliphatic hydroxyl groups is 1. The van der Waals surface area contributed by atoms with Gasteiger partial charge in [-0.15, -0.1) is 0 Å². The number of amides is 2. The number of carbonyl (C=O) groups is 1. The predicted octanol–water partition coefficient (Wildman–Crippen LogP) is 1.61. The highest BCUT2D eigenvalue weighted by atomic mass is 16.5. The number of urea groups is 1. The molecule has 1 spiro atoms. The van der Waals surface area contributed by atoms with Gasteiger partial charge in [0, 0.05) is 54.3 Å². The number of aliphatic hydroxyl groups excluding tert-OH is 1. The molecule has 26 heavy (non-hydrogen) atoms. The zero-order valence-electron chi connectivity index (χ0n) is 15.3. The van der Waals surface area contributed by atoms with Crippen molar-refractivity contribution in [1.29, 1.82) is 0 Å². The third-order valence-electron chi connectivity index (χ3n) is 5.85. The topological polar surface area (TPSA) is 80.8 Å². The van der Waals surface area contributed by atoms with E-state index in [-0.39, 0.29) is 18.2 Å². The van der Waals surface area contributed by atoms with E-state index in [0.29, 0.717) is 13.1 Å². The number of nitrogens with zero attached hydrogens (tertiary/aromatic N) is 2. The quantitative estimate of drug-likeness (QED) is 0.713. The summed E-state index contributed by atoms with van der Waals surface area (Å²) in [7, 11) is 3.84. The first-order chi connectivity index (χ1) is 12.6. The summed E-state index contributed by atoms with van der Waals surface area (Å²) in [6, 6.07) is 6.05. The number of likely N-dealkylation sites (N-methyl/N-ethyl adjacent to an activating group) is 1. The van der Waals surface area contributed by atoms with Crippen molar-refractivity contribution in [2.45, 2.75) is 24.8 Å². The summed E-state index contributed by atoms with van der Waals surface area (Å²) in [5.41, 5.74) is 3.85. The molecule has 0 aliphatic carbocycles. The van der Waals surface area contributed by atoms with Crippen molar-refractivity contribution >= 4 is 16.9 Å². The minimum atomic E-state index is -0.322. The van der Waals surface area contributed by atoms with Crippen molar-refractivity contribution in [3.63, 3.8) is 0 Å². The van der Waals surface area contributed by atoms with E-state index < -0.39 is 0 Å². The number of H-pyrrole nitrogens is 1. The van der Waals surface area contributed by atoms with E-state index in [4.69, 9.17) is 9.84 Å². The number of piperidine rings is 1. The number of hydrogen-bond donors (Lipinski definition) is 3. The van der Waals surface area contributed by atoms with Crippen LogP contribution in [0.15, 0.2) is 18.2 Å². The minimum absolute atomic E-state index is 0.0468. The van der Waals surface area contributed by atoms with Gasteiger partial charge in [0.05, 0.1) is 7.11 Å². The molecule has 1 fully saturated rings. The molecule has 3 N–H and O–H groups in total. The molecule has 0 radical (unpaired) electrons. The number of methoxy groups -OCH3 is 1. The van der Waals surface area contributed by atoms with Gasteiger partial charge >= 0.3 is 6.03 Å². The van der Waals surface area contributed by atoms with Gasteiger partial charge in [0.1, 0.15) is 12.5 Å². The molecule has 2 aromatic rings. The van der Waals surface area contributed by atoms with Crippen LogP contribution < -0.4 is 10.1 Å². The molecule has 4 rings (SSSR count). The summed E-state index contributed by atoms with van der Waals surface area (Å²) < 4.78 is 5.37. The Labute approximate surface area is 152 Å². The summed E-state index contributed by atoms with van der Waals surface area (Å²) in [4.78, 5) is 19.8. The Morgan fingerprint density at radius 1 is 1.38 bits per heavy atom. The summed E-state index contributed by atoms with van der Waals surface area (Å²) in [6.45, 7) is 2.97. The molecule has 1 aromatic carbocycles. The standard InChI is InChI=1S/C19H26N4O3/c1-22-10-16-17(14-4-3-13(26-2)9-15(14)21-16)19(11-22)5-7-23(8-6-19)18(25)20-12-24/h3-4,9,21,24H,5-8,10-12H2,1-2H3,(H,20,25). The molecule has 3 heterocycles. The van der Waals surface area contributed by atoms with Gasteiger partial charge in [0.2, 0.25) is 0 Å². The number of rotatable bonds is 2. The van der Waals surface area contributed by atoms with Gasteiger partial charge in [-0.3, -0.25) is 4.90 Å². The average molecular weight is 358 g/mol. The lowest BCUT2D eigenvalue weighted by molar-refractivity contribution is 0.116. The fourth-order valence-electron chi connectivity index (χ4n) is 4.73. The summed E-state index contributed by atoms with van der Waals surface area (Å²) in [6.07, 6.45) is 1.84. The highest BCUT2D eigenvalue weighted by Crippen LogP contribution is 2.45. The van der Waals surface area contributed by atoms with E-state index >= 15 is 0 Å².